The zero-order valence-corrected chi connectivity index (χ0v) is 18.0. The fourth-order valence-corrected chi connectivity index (χ4v) is 4.88. The molecule has 1 aliphatic carbocycles. The van der Waals surface area contributed by atoms with Gasteiger partial charge in [0.1, 0.15) is 4.90 Å². The number of carbonyl (C=O) groups excluding carboxylic acids is 1. The first-order valence-electron chi connectivity index (χ1n) is 9.10. The maximum Gasteiger partial charge on any atom is 0.269 e. The van der Waals surface area contributed by atoms with Gasteiger partial charge in [-0.15, -0.1) is 0 Å². The van der Waals surface area contributed by atoms with Crippen LogP contribution in [0.3, 0.4) is 0 Å². The quantitative estimate of drug-likeness (QED) is 0.551. The molecule has 3 N–H and O–H groups in total. The third-order valence-corrected chi connectivity index (χ3v) is 6.71. The van der Waals surface area contributed by atoms with Crippen LogP contribution in [0.4, 0.5) is 5.69 Å². The van der Waals surface area contributed by atoms with Crippen molar-refractivity contribution in [1.82, 2.24) is 10.9 Å². The highest BCUT2D eigenvalue weighted by molar-refractivity contribution is 7.92. The Morgan fingerprint density at radius 3 is 2.59 bits per heavy atom. The van der Waals surface area contributed by atoms with Gasteiger partial charge in [0.05, 0.1) is 15.7 Å². The lowest BCUT2D eigenvalue weighted by molar-refractivity contribution is 0.0937. The zero-order chi connectivity index (χ0) is 21.0. The topological polar surface area (TPSA) is 87.3 Å². The summed E-state index contributed by atoms with van der Waals surface area (Å²) in [4.78, 5) is 12.3. The largest absolute Gasteiger partial charge is 0.303 e. The Morgan fingerprint density at radius 2 is 1.86 bits per heavy atom. The normalized spacial score (nSPS) is 16.7. The third-order valence-electron chi connectivity index (χ3n) is 4.53. The molecule has 0 spiro atoms. The van der Waals surface area contributed by atoms with Gasteiger partial charge in [-0.3, -0.25) is 14.9 Å². The van der Waals surface area contributed by atoms with Crippen molar-refractivity contribution in [2.75, 3.05) is 4.72 Å². The van der Waals surface area contributed by atoms with Gasteiger partial charge in [-0.1, -0.05) is 48.3 Å². The van der Waals surface area contributed by atoms with Crippen molar-refractivity contribution in [2.24, 2.45) is 5.92 Å². The number of allylic oxidation sites excluding steroid dienone is 2. The predicted octanol–water partition coefficient (Wildman–Crippen LogP) is 4.73. The minimum absolute atomic E-state index is 0.00197. The van der Waals surface area contributed by atoms with Gasteiger partial charge in [0.2, 0.25) is 0 Å². The number of para-hydroxylation sites is 1. The summed E-state index contributed by atoms with van der Waals surface area (Å²) in [7, 11) is -4.04. The summed E-state index contributed by atoms with van der Waals surface area (Å²) < 4.78 is 28.0. The van der Waals surface area contributed by atoms with E-state index >= 15 is 0 Å². The van der Waals surface area contributed by atoms with Crippen molar-refractivity contribution in [3.05, 3.63) is 69.8 Å². The number of benzene rings is 2. The van der Waals surface area contributed by atoms with Gasteiger partial charge in [0.15, 0.2) is 0 Å². The summed E-state index contributed by atoms with van der Waals surface area (Å²) in [5.41, 5.74) is 6.85. The lowest BCUT2D eigenvalue weighted by Crippen LogP contribution is -2.37. The van der Waals surface area contributed by atoms with Crippen LogP contribution >= 0.6 is 23.2 Å². The minimum atomic E-state index is -4.04. The SMILES string of the molecule is C[C@H]1C=C(NNC(=O)c2ccc(Cl)c(S(=O)(=O)Nc3ccccc3Cl)c2)CCC1. The number of halogens is 2. The van der Waals surface area contributed by atoms with Gasteiger partial charge in [-0.25, -0.2) is 8.42 Å². The molecular weight excluding hydrogens is 433 g/mol. The Hall–Kier alpha value is -2.22. The fourth-order valence-electron chi connectivity index (χ4n) is 3.03. The summed E-state index contributed by atoms with van der Waals surface area (Å²) >= 11 is 12.1. The van der Waals surface area contributed by atoms with E-state index in [2.05, 4.69) is 28.6 Å². The Balaban J connectivity index is 1.78. The van der Waals surface area contributed by atoms with Gasteiger partial charge < -0.3 is 5.43 Å². The number of rotatable bonds is 6. The molecule has 0 saturated heterocycles. The second-order valence-corrected chi connectivity index (χ2v) is 9.34. The molecule has 0 unspecified atom stereocenters. The molecule has 0 aliphatic heterocycles. The molecule has 154 valence electrons. The average molecular weight is 454 g/mol. The van der Waals surface area contributed by atoms with E-state index in [1.165, 1.54) is 24.3 Å². The lowest BCUT2D eigenvalue weighted by Gasteiger charge is -2.19. The summed E-state index contributed by atoms with van der Waals surface area (Å²) in [6.07, 6.45) is 5.10. The number of amides is 1. The maximum absolute atomic E-state index is 12.8. The van der Waals surface area contributed by atoms with Crippen molar-refractivity contribution in [2.45, 2.75) is 31.1 Å². The van der Waals surface area contributed by atoms with Crippen molar-refractivity contribution in [3.63, 3.8) is 0 Å². The van der Waals surface area contributed by atoms with Crippen LogP contribution in [-0.4, -0.2) is 14.3 Å². The molecule has 1 atom stereocenters. The summed E-state index contributed by atoms with van der Waals surface area (Å²) in [6, 6.07) is 10.5. The third kappa shape index (κ3) is 5.44. The van der Waals surface area contributed by atoms with E-state index < -0.39 is 15.9 Å². The first-order chi connectivity index (χ1) is 13.8. The molecule has 0 fully saturated rings. The number of anilines is 1. The average Bonchev–Trinajstić information content (AvgIpc) is 2.68. The standard InChI is InChI=1S/C20H21Cl2N3O3S/c1-13-5-4-6-15(11-13)23-24-20(26)14-9-10-17(22)19(12-14)29(27,28)25-18-8-3-2-7-16(18)21/h2-3,7-13,23,25H,4-6H2,1H3,(H,24,26)/t13-/m1/s1. The molecule has 29 heavy (non-hydrogen) atoms. The molecule has 2 aromatic carbocycles. The second kappa shape index (κ2) is 9.07. The van der Waals surface area contributed by atoms with Gasteiger partial charge in [0.25, 0.3) is 15.9 Å². The number of carbonyl (C=O) groups is 1. The number of hydrazine groups is 1. The Bertz CT molecular complexity index is 1050. The molecular formula is C20H21Cl2N3O3S. The molecule has 2 aromatic rings. The van der Waals surface area contributed by atoms with Crippen LogP contribution in [0, 0.1) is 5.92 Å². The number of sulfonamides is 1. The number of hydrogen-bond acceptors (Lipinski definition) is 4. The van der Waals surface area contributed by atoms with E-state index in [-0.39, 0.29) is 26.2 Å². The highest BCUT2D eigenvalue weighted by atomic mass is 35.5. The van der Waals surface area contributed by atoms with Crippen LogP contribution in [0.1, 0.15) is 36.5 Å². The molecule has 0 bridgehead atoms. The van der Waals surface area contributed by atoms with Crippen LogP contribution in [0.15, 0.2) is 59.1 Å². The highest BCUT2D eigenvalue weighted by Gasteiger charge is 2.21. The molecule has 0 aromatic heterocycles. The van der Waals surface area contributed by atoms with Crippen molar-refractivity contribution in [1.29, 1.82) is 0 Å². The first kappa shape index (κ1) is 21.5. The van der Waals surface area contributed by atoms with Crippen molar-refractivity contribution >= 4 is 44.8 Å². The van der Waals surface area contributed by atoms with Gasteiger partial charge in [-0.05, 0) is 55.5 Å². The lowest BCUT2D eigenvalue weighted by atomic mass is 9.96. The van der Waals surface area contributed by atoms with E-state index in [4.69, 9.17) is 23.2 Å². The molecule has 1 amide bonds. The van der Waals surface area contributed by atoms with Crippen LogP contribution in [-0.2, 0) is 10.0 Å². The molecule has 0 saturated carbocycles. The maximum atomic E-state index is 12.8. The van der Waals surface area contributed by atoms with Crippen LogP contribution in [0.25, 0.3) is 0 Å². The number of hydrogen-bond donors (Lipinski definition) is 3. The summed E-state index contributed by atoms with van der Waals surface area (Å²) in [5, 5.41) is 0.248. The Morgan fingerprint density at radius 1 is 1.10 bits per heavy atom. The molecule has 9 heteroatoms. The van der Waals surface area contributed by atoms with Gasteiger partial charge in [0, 0.05) is 11.3 Å². The van der Waals surface area contributed by atoms with Crippen LogP contribution in [0.5, 0.6) is 0 Å². The smallest absolute Gasteiger partial charge is 0.269 e. The zero-order valence-electron chi connectivity index (χ0n) is 15.7. The number of nitrogens with one attached hydrogen (secondary N) is 3. The van der Waals surface area contributed by atoms with Gasteiger partial charge >= 0.3 is 0 Å². The van der Waals surface area contributed by atoms with E-state index in [1.54, 1.807) is 18.2 Å². The minimum Gasteiger partial charge on any atom is -0.303 e. The van der Waals surface area contributed by atoms with Gasteiger partial charge in [-0.2, -0.15) is 0 Å². The van der Waals surface area contributed by atoms with Crippen LogP contribution < -0.4 is 15.6 Å². The monoisotopic (exact) mass is 453 g/mol. The first-order valence-corrected chi connectivity index (χ1v) is 11.3. The summed E-state index contributed by atoms with van der Waals surface area (Å²) in [6.45, 7) is 2.12. The van der Waals surface area contributed by atoms with Crippen molar-refractivity contribution < 1.29 is 13.2 Å². The molecule has 0 radical (unpaired) electrons. The van der Waals surface area contributed by atoms with E-state index in [0.29, 0.717) is 5.92 Å². The predicted molar refractivity (Wildman–Crippen MR) is 115 cm³/mol. The van der Waals surface area contributed by atoms with E-state index in [1.807, 2.05) is 0 Å². The Labute approximate surface area is 180 Å². The summed E-state index contributed by atoms with van der Waals surface area (Å²) in [5.74, 6) is -0.0127. The Kier molecular flexibility index (Phi) is 6.72. The molecule has 6 nitrogen and oxygen atoms in total. The van der Waals surface area contributed by atoms with E-state index in [9.17, 15) is 13.2 Å². The molecule has 3 rings (SSSR count). The fraction of sp³-hybridized carbons (Fsp3) is 0.250. The molecule has 0 heterocycles. The van der Waals surface area contributed by atoms with E-state index in [0.717, 1.165) is 25.0 Å². The highest BCUT2D eigenvalue weighted by Crippen LogP contribution is 2.28. The molecule has 1 aliphatic rings. The van der Waals surface area contributed by atoms with Crippen molar-refractivity contribution in [3.8, 4) is 0 Å². The second-order valence-electron chi connectivity index (χ2n) is 6.87. The van der Waals surface area contributed by atoms with Crippen LogP contribution in [0.2, 0.25) is 10.0 Å².